The molecule has 0 saturated carbocycles. The maximum absolute atomic E-state index is 12.5. The smallest absolute Gasteiger partial charge is 0.262 e. The van der Waals surface area contributed by atoms with Crippen molar-refractivity contribution in [2.45, 2.75) is 20.3 Å². The zero-order valence-electron chi connectivity index (χ0n) is 19.1. The fourth-order valence-electron chi connectivity index (χ4n) is 3.71. The molecule has 0 atom stereocenters. The number of ether oxygens (including phenoxy) is 2. The molecule has 0 spiro atoms. The highest BCUT2D eigenvalue weighted by molar-refractivity contribution is 7.12. The number of carbonyl (C=O) groups is 1. The van der Waals surface area contributed by atoms with Crippen LogP contribution in [0.5, 0.6) is 5.75 Å². The van der Waals surface area contributed by atoms with Gasteiger partial charge < -0.3 is 19.7 Å². The Hall–Kier alpha value is -2.83. The van der Waals surface area contributed by atoms with E-state index in [9.17, 15) is 4.79 Å². The Bertz CT molecular complexity index is 985. The van der Waals surface area contributed by atoms with Crippen molar-refractivity contribution in [3.05, 3.63) is 76.2 Å². The Balaban J connectivity index is 1.83. The monoisotopic (exact) mass is 452 g/mol. The Labute approximate surface area is 195 Å². The molecule has 1 aliphatic heterocycles. The van der Waals surface area contributed by atoms with Crippen LogP contribution < -0.4 is 10.1 Å². The lowest BCUT2D eigenvalue weighted by Gasteiger charge is -2.18. The second-order valence-electron chi connectivity index (χ2n) is 7.45. The molecule has 1 amide bonds. The number of hydrogen-bond acceptors (Lipinski definition) is 5. The molecule has 0 radical (unpaired) electrons. The van der Waals surface area contributed by atoms with Crippen molar-refractivity contribution in [2.24, 2.45) is 0 Å². The number of hydrogen-bond donors (Lipinski definition) is 1. The molecule has 5 nitrogen and oxygen atoms in total. The van der Waals surface area contributed by atoms with Crippen LogP contribution in [0.4, 0.5) is 0 Å². The lowest BCUT2D eigenvalue weighted by molar-refractivity contribution is 0.0961. The molecule has 1 aliphatic rings. The van der Waals surface area contributed by atoms with Gasteiger partial charge in [-0.25, -0.2) is 0 Å². The van der Waals surface area contributed by atoms with Crippen molar-refractivity contribution in [1.29, 1.82) is 0 Å². The van der Waals surface area contributed by atoms with E-state index in [2.05, 4.69) is 30.6 Å². The zero-order valence-corrected chi connectivity index (χ0v) is 20.0. The van der Waals surface area contributed by atoms with Gasteiger partial charge in [-0.15, -0.1) is 11.3 Å². The second-order valence-corrected chi connectivity index (χ2v) is 8.37. The van der Waals surface area contributed by atoms with Crippen molar-refractivity contribution in [3.63, 3.8) is 0 Å². The third kappa shape index (κ3) is 5.69. The van der Waals surface area contributed by atoms with E-state index < -0.39 is 0 Å². The van der Waals surface area contributed by atoms with Gasteiger partial charge in [-0.2, -0.15) is 0 Å². The molecule has 0 aliphatic carbocycles. The van der Waals surface area contributed by atoms with Crippen LogP contribution in [0.15, 0.2) is 60.2 Å². The standard InChI is InChI=1S/C26H32N2O3S/c1-5-28(6-2)16-8-17-31-21-12-10-20(11-13-21)24-19(3)22-14-18-32-25(22)26(29)27-15-7-9-23(24)30-4/h7,9-14,18H,3,5-6,8,15-17H2,1-2,4H3,(H,27,29)/b9-7-,24-23-. The third-order valence-electron chi connectivity index (χ3n) is 5.54. The van der Waals surface area contributed by atoms with Crippen LogP contribution in [-0.4, -0.2) is 50.7 Å². The number of methoxy groups -OCH3 is 1. The lowest BCUT2D eigenvalue weighted by atomic mass is 9.92. The molecule has 1 aromatic carbocycles. The Kier molecular flexibility index (Phi) is 8.71. The summed E-state index contributed by atoms with van der Waals surface area (Å²) in [4.78, 5) is 15.6. The summed E-state index contributed by atoms with van der Waals surface area (Å²) in [6, 6.07) is 9.93. The minimum Gasteiger partial charge on any atom is -0.496 e. The van der Waals surface area contributed by atoms with Crippen LogP contribution in [0.25, 0.3) is 11.1 Å². The molecule has 0 fully saturated rings. The third-order valence-corrected chi connectivity index (χ3v) is 6.45. The van der Waals surface area contributed by atoms with Crippen molar-refractivity contribution >= 4 is 28.4 Å². The maximum Gasteiger partial charge on any atom is 0.262 e. The summed E-state index contributed by atoms with van der Waals surface area (Å²) in [5, 5.41) is 4.82. The van der Waals surface area contributed by atoms with Gasteiger partial charge in [0.05, 0.1) is 18.6 Å². The van der Waals surface area contributed by atoms with Gasteiger partial charge in [0.15, 0.2) is 0 Å². The fraction of sp³-hybridized carbons (Fsp3) is 0.346. The molecule has 32 heavy (non-hydrogen) atoms. The second kappa shape index (κ2) is 11.7. The summed E-state index contributed by atoms with van der Waals surface area (Å²) in [6.45, 7) is 13.0. The van der Waals surface area contributed by atoms with Crippen molar-refractivity contribution in [2.75, 3.05) is 39.9 Å². The number of rotatable bonds is 9. The van der Waals surface area contributed by atoms with E-state index in [1.807, 2.05) is 47.9 Å². The molecule has 1 aromatic heterocycles. The van der Waals surface area contributed by atoms with Crippen LogP contribution in [0.3, 0.4) is 0 Å². The van der Waals surface area contributed by atoms with Gasteiger partial charge in [0.2, 0.25) is 0 Å². The predicted molar refractivity (Wildman–Crippen MR) is 133 cm³/mol. The summed E-state index contributed by atoms with van der Waals surface area (Å²) in [5.41, 5.74) is 3.41. The minimum absolute atomic E-state index is 0.0884. The number of amides is 1. The van der Waals surface area contributed by atoms with E-state index in [-0.39, 0.29) is 5.91 Å². The SMILES string of the molecule is C=C1/C(c2ccc(OCCCN(CC)CC)cc2)=C(OC)\C=C/CNC(=O)c2sccc21. The number of thiophene rings is 1. The zero-order chi connectivity index (χ0) is 22.9. The molecule has 2 heterocycles. The fourth-order valence-corrected chi connectivity index (χ4v) is 4.55. The summed E-state index contributed by atoms with van der Waals surface area (Å²) in [5.74, 6) is 1.45. The van der Waals surface area contributed by atoms with Gasteiger partial charge in [-0.3, -0.25) is 4.79 Å². The summed E-state index contributed by atoms with van der Waals surface area (Å²) >= 11 is 1.42. The molecule has 170 valence electrons. The molecule has 6 heteroatoms. The van der Waals surface area contributed by atoms with Gasteiger partial charge in [0.25, 0.3) is 5.91 Å². The van der Waals surface area contributed by atoms with E-state index in [0.717, 1.165) is 54.1 Å². The first-order valence-corrected chi connectivity index (χ1v) is 11.9. The van der Waals surface area contributed by atoms with Crippen LogP contribution in [0.2, 0.25) is 0 Å². The summed E-state index contributed by atoms with van der Waals surface area (Å²) < 4.78 is 11.7. The van der Waals surface area contributed by atoms with E-state index in [4.69, 9.17) is 9.47 Å². The molecule has 0 unspecified atom stereocenters. The lowest BCUT2D eigenvalue weighted by Crippen LogP contribution is -2.25. The number of benzene rings is 1. The number of fused-ring (bicyclic) bond motifs is 1. The minimum atomic E-state index is -0.0884. The predicted octanol–water partition coefficient (Wildman–Crippen LogP) is 5.23. The van der Waals surface area contributed by atoms with Gasteiger partial charge >= 0.3 is 0 Å². The maximum atomic E-state index is 12.5. The summed E-state index contributed by atoms with van der Waals surface area (Å²) in [6.07, 6.45) is 4.76. The van der Waals surface area contributed by atoms with Gasteiger partial charge in [-0.05, 0) is 60.3 Å². The highest BCUT2D eigenvalue weighted by atomic mass is 32.1. The molecule has 3 rings (SSSR count). The largest absolute Gasteiger partial charge is 0.496 e. The normalized spacial score (nSPS) is 17.6. The number of nitrogens with zero attached hydrogens (tertiary/aromatic N) is 1. The first-order chi connectivity index (χ1) is 15.6. The van der Waals surface area contributed by atoms with Crippen LogP contribution in [0.1, 0.15) is 41.1 Å². The highest BCUT2D eigenvalue weighted by Gasteiger charge is 2.21. The van der Waals surface area contributed by atoms with Crippen LogP contribution in [0, 0.1) is 0 Å². The Morgan fingerprint density at radius 3 is 2.59 bits per heavy atom. The molecule has 0 saturated heterocycles. The van der Waals surface area contributed by atoms with E-state index in [1.165, 1.54) is 11.3 Å². The van der Waals surface area contributed by atoms with Gasteiger partial charge in [0.1, 0.15) is 11.5 Å². The molecule has 2 aromatic rings. The average molecular weight is 453 g/mol. The first kappa shape index (κ1) is 23.8. The number of allylic oxidation sites excluding steroid dienone is 3. The number of carbonyl (C=O) groups excluding carboxylic acids is 1. The average Bonchev–Trinajstić information content (AvgIpc) is 3.31. The Morgan fingerprint density at radius 2 is 1.91 bits per heavy atom. The van der Waals surface area contributed by atoms with Crippen molar-refractivity contribution in [3.8, 4) is 5.75 Å². The quantitative estimate of drug-likeness (QED) is 0.530. The van der Waals surface area contributed by atoms with Crippen LogP contribution >= 0.6 is 11.3 Å². The molecular weight excluding hydrogens is 420 g/mol. The van der Waals surface area contributed by atoms with Gasteiger partial charge in [-0.1, -0.05) is 38.6 Å². The molecule has 0 bridgehead atoms. The Morgan fingerprint density at radius 1 is 1.16 bits per heavy atom. The molecular formula is C26H32N2O3S. The van der Waals surface area contributed by atoms with Gasteiger partial charge in [0, 0.05) is 24.2 Å². The molecule has 1 N–H and O–H groups in total. The van der Waals surface area contributed by atoms with E-state index in [0.29, 0.717) is 23.8 Å². The highest BCUT2D eigenvalue weighted by Crippen LogP contribution is 2.37. The topological polar surface area (TPSA) is 50.8 Å². The van der Waals surface area contributed by atoms with Crippen molar-refractivity contribution < 1.29 is 14.3 Å². The van der Waals surface area contributed by atoms with Crippen LogP contribution in [-0.2, 0) is 4.74 Å². The van der Waals surface area contributed by atoms with Crippen molar-refractivity contribution in [1.82, 2.24) is 10.2 Å². The van der Waals surface area contributed by atoms with E-state index in [1.54, 1.807) is 7.11 Å². The number of nitrogens with one attached hydrogen (secondary N) is 1. The summed E-state index contributed by atoms with van der Waals surface area (Å²) in [7, 11) is 1.65. The first-order valence-electron chi connectivity index (χ1n) is 11.0. The van der Waals surface area contributed by atoms with E-state index >= 15 is 0 Å².